The molecule has 1 aromatic carbocycles. The first-order valence-electron chi connectivity index (χ1n) is 10.4. The highest BCUT2D eigenvalue weighted by Crippen LogP contribution is 2.55. The Labute approximate surface area is 200 Å². The molecule has 196 valence electrons. The molecule has 0 bridgehead atoms. The number of benzene rings is 1. The Bertz CT molecular complexity index is 1160. The van der Waals surface area contributed by atoms with Gasteiger partial charge in [-0.3, -0.25) is 14.6 Å². The van der Waals surface area contributed by atoms with Gasteiger partial charge in [0.2, 0.25) is 5.82 Å². The van der Waals surface area contributed by atoms with Crippen molar-refractivity contribution in [3.63, 3.8) is 0 Å². The Kier molecular flexibility index (Phi) is 7.48. The smallest absolute Gasteiger partial charge is 0.417 e. The zero-order valence-electron chi connectivity index (χ0n) is 18.9. The van der Waals surface area contributed by atoms with Crippen LogP contribution in [0, 0.1) is 17.6 Å². The van der Waals surface area contributed by atoms with Gasteiger partial charge in [-0.25, -0.2) is 4.39 Å². The lowest BCUT2D eigenvalue weighted by Crippen LogP contribution is -2.47. The number of hydrogen-bond donors (Lipinski definition) is 2. The van der Waals surface area contributed by atoms with Crippen molar-refractivity contribution >= 4 is 17.5 Å². The second kappa shape index (κ2) is 9.91. The van der Waals surface area contributed by atoms with Crippen molar-refractivity contribution < 1.29 is 49.8 Å². The van der Waals surface area contributed by atoms with E-state index in [1.807, 2.05) is 0 Å². The van der Waals surface area contributed by atoms with Crippen LogP contribution in [0.1, 0.15) is 35.8 Å². The largest absolute Gasteiger partial charge is 0.431 e. The molecule has 1 aliphatic heterocycles. The number of ether oxygens (including phenoxy) is 2. The van der Waals surface area contributed by atoms with Crippen LogP contribution in [0.2, 0.25) is 0 Å². The molecule has 36 heavy (non-hydrogen) atoms. The summed E-state index contributed by atoms with van der Waals surface area (Å²) in [6.07, 6.45) is -5.89. The van der Waals surface area contributed by atoms with E-state index < -0.39 is 71.1 Å². The maximum absolute atomic E-state index is 14.4. The second-order valence-electron chi connectivity index (χ2n) is 8.11. The van der Waals surface area contributed by atoms with Crippen molar-refractivity contribution in [3.05, 3.63) is 53.4 Å². The molecule has 4 atom stereocenters. The Morgan fingerprint density at radius 1 is 1.19 bits per heavy atom. The molecule has 0 radical (unpaired) electrons. The summed E-state index contributed by atoms with van der Waals surface area (Å²) in [4.78, 5) is 28.7. The molecule has 0 saturated carbocycles. The summed E-state index contributed by atoms with van der Waals surface area (Å²) < 4.78 is 105. The SMILES string of the molecule is CNC(=O)c1cc(NC(=O)[C@@H]2O[C@@](C)(C(F)(F)F)[C@@H](C)[C@H]2c2ccc(F)c(F)c2OC(F)F)ccn1. The second-order valence-corrected chi connectivity index (χ2v) is 8.11. The van der Waals surface area contributed by atoms with E-state index in [-0.39, 0.29) is 11.4 Å². The van der Waals surface area contributed by atoms with E-state index in [1.165, 1.54) is 13.1 Å². The van der Waals surface area contributed by atoms with Gasteiger partial charge in [-0.15, -0.1) is 0 Å². The molecule has 3 rings (SSSR count). The van der Waals surface area contributed by atoms with Crippen LogP contribution < -0.4 is 15.4 Å². The number of nitrogens with one attached hydrogen (secondary N) is 2. The Morgan fingerprint density at radius 2 is 1.86 bits per heavy atom. The number of hydrogen-bond acceptors (Lipinski definition) is 5. The molecule has 0 aliphatic carbocycles. The topological polar surface area (TPSA) is 89.6 Å². The first-order valence-corrected chi connectivity index (χ1v) is 10.4. The van der Waals surface area contributed by atoms with E-state index in [0.717, 1.165) is 25.3 Å². The van der Waals surface area contributed by atoms with Crippen molar-refractivity contribution in [2.24, 2.45) is 5.92 Å². The monoisotopic (exact) mass is 523 g/mol. The van der Waals surface area contributed by atoms with Gasteiger partial charge in [-0.05, 0) is 25.1 Å². The van der Waals surface area contributed by atoms with Gasteiger partial charge in [0.25, 0.3) is 11.8 Å². The summed E-state index contributed by atoms with van der Waals surface area (Å²) in [6.45, 7) is -1.95. The van der Waals surface area contributed by atoms with Gasteiger partial charge in [0.05, 0.1) is 0 Å². The summed E-state index contributed by atoms with van der Waals surface area (Å²) in [5.74, 6) is -9.89. The number of carbonyl (C=O) groups excluding carboxylic acids is 2. The lowest BCUT2D eigenvalue weighted by molar-refractivity contribution is -0.272. The quantitative estimate of drug-likeness (QED) is 0.548. The van der Waals surface area contributed by atoms with E-state index in [9.17, 15) is 40.3 Å². The molecule has 0 spiro atoms. The minimum absolute atomic E-state index is 0.0430. The van der Waals surface area contributed by atoms with Gasteiger partial charge >= 0.3 is 12.8 Å². The summed E-state index contributed by atoms with van der Waals surface area (Å²) in [7, 11) is 1.33. The Balaban J connectivity index is 2.09. The third-order valence-corrected chi connectivity index (χ3v) is 6.06. The van der Waals surface area contributed by atoms with Crippen LogP contribution in [0.3, 0.4) is 0 Å². The molecule has 0 unspecified atom stereocenters. The molecule has 2 aromatic rings. The molecule has 1 fully saturated rings. The van der Waals surface area contributed by atoms with Crippen molar-refractivity contribution in [1.29, 1.82) is 0 Å². The fraction of sp³-hybridized carbons (Fsp3) is 0.409. The number of rotatable bonds is 6. The number of aromatic nitrogens is 1. The van der Waals surface area contributed by atoms with Crippen molar-refractivity contribution in [3.8, 4) is 5.75 Å². The number of carbonyl (C=O) groups is 2. The third-order valence-electron chi connectivity index (χ3n) is 6.06. The van der Waals surface area contributed by atoms with Gasteiger partial charge in [-0.2, -0.15) is 26.3 Å². The number of halogens is 7. The first kappa shape index (κ1) is 27.2. The summed E-state index contributed by atoms with van der Waals surface area (Å²) in [6, 6.07) is 3.66. The zero-order valence-corrected chi connectivity index (χ0v) is 18.9. The van der Waals surface area contributed by atoms with Gasteiger partial charge in [0, 0.05) is 36.3 Å². The normalized spacial score (nSPS) is 24.0. The molecule has 2 N–H and O–H groups in total. The molecular formula is C22H20F7N3O4. The van der Waals surface area contributed by atoms with Gasteiger partial charge in [0.1, 0.15) is 11.8 Å². The maximum atomic E-state index is 14.4. The number of amides is 2. The van der Waals surface area contributed by atoms with E-state index in [2.05, 4.69) is 20.4 Å². The van der Waals surface area contributed by atoms with Crippen molar-refractivity contribution in [2.75, 3.05) is 12.4 Å². The van der Waals surface area contributed by atoms with E-state index in [4.69, 9.17) is 4.74 Å². The molecule has 1 aliphatic rings. The average Bonchev–Trinajstić information content (AvgIpc) is 3.08. The third kappa shape index (κ3) is 4.94. The summed E-state index contributed by atoms with van der Waals surface area (Å²) in [5, 5.41) is 4.60. The predicted octanol–water partition coefficient (Wildman–Crippen LogP) is 4.40. The molecular weight excluding hydrogens is 503 g/mol. The Morgan fingerprint density at radius 3 is 2.44 bits per heavy atom. The maximum Gasteiger partial charge on any atom is 0.417 e. The first-order chi connectivity index (χ1) is 16.7. The van der Waals surface area contributed by atoms with Gasteiger partial charge in [0.15, 0.2) is 17.2 Å². The van der Waals surface area contributed by atoms with Crippen LogP contribution >= 0.6 is 0 Å². The van der Waals surface area contributed by atoms with Crippen LogP contribution in [0.4, 0.5) is 36.4 Å². The molecule has 1 saturated heterocycles. The number of anilines is 1. The lowest BCUT2D eigenvalue weighted by atomic mass is 9.77. The van der Waals surface area contributed by atoms with Crippen molar-refractivity contribution in [2.45, 2.75) is 44.3 Å². The number of alkyl halides is 5. The summed E-state index contributed by atoms with van der Waals surface area (Å²) in [5.41, 5.74) is -3.76. The minimum atomic E-state index is -5.04. The average molecular weight is 523 g/mol. The minimum Gasteiger partial charge on any atom is -0.431 e. The van der Waals surface area contributed by atoms with Crippen LogP contribution in [0.15, 0.2) is 30.5 Å². The fourth-order valence-electron chi connectivity index (χ4n) is 4.02. The lowest BCUT2D eigenvalue weighted by Gasteiger charge is -2.32. The van der Waals surface area contributed by atoms with Crippen LogP contribution in [-0.4, -0.2) is 48.3 Å². The highest BCUT2D eigenvalue weighted by molar-refractivity contribution is 5.97. The number of nitrogens with zero attached hydrogens (tertiary/aromatic N) is 1. The highest BCUT2D eigenvalue weighted by Gasteiger charge is 2.66. The van der Waals surface area contributed by atoms with Gasteiger partial charge in [-0.1, -0.05) is 13.0 Å². The predicted molar refractivity (Wildman–Crippen MR) is 110 cm³/mol. The van der Waals surface area contributed by atoms with Gasteiger partial charge < -0.3 is 20.1 Å². The zero-order chi connectivity index (χ0) is 27.0. The van der Waals surface area contributed by atoms with E-state index >= 15 is 0 Å². The molecule has 14 heteroatoms. The molecule has 2 amide bonds. The fourth-order valence-corrected chi connectivity index (χ4v) is 4.02. The molecule has 2 heterocycles. The summed E-state index contributed by atoms with van der Waals surface area (Å²) >= 11 is 0. The molecule has 1 aromatic heterocycles. The van der Waals surface area contributed by atoms with Crippen molar-refractivity contribution in [1.82, 2.24) is 10.3 Å². The van der Waals surface area contributed by atoms with Crippen LogP contribution in [0.5, 0.6) is 5.75 Å². The molecule has 7 nitrogen and oxygen atoms in total. The standard InChI is InChI=1S/C22H20F7N3O4/c1-9-14(11-4-5-12(23)15(24)16(11)35-20(25)26)17(36-21(9,2)22(27,28)29)19(34)32-10-6-7-31-13(8-10)18(33)30-3/h4-9,14,17,20H,1-3H3,(H,30,33)(H,31,32,34)/t9-,14-,17+,21+/m0/s1. The van der Waals surface area contributed by atoms with Crippen LogP contribution in [-0.2, 0) is 9.53 Å². The van der Waals surface area contributed by atoms with E-state index in [0.29, 0.717) is 13.0 Å². The Hall–Kier alpha value is -3.42. The number of pyridine rings is 1. The van der Waals surface area contributed by atoms with E-state index in [1.54, 1.807) is 0 Å². The van der Waals surface area contributed by atoms with Crippen LogP contribution in [0.25, 0.3) is 0 Å². The highest BCUT2D eigenvalue weighted by atomic mass is 19.4.